The molecule has 6 nitrogen and oxygen atoms in total. The van der Waals surface area contributed by atoms with Crippen LogP contribution >= 0.6 is 11.6 Å². The van der Waals surface area contributed by atoms with Crippen LogP contribution in [0, 0.1) is 0 Å². The van der Waals surface area contributed by atoms with E-state index in [0.29, 0.717) is 30.0 Å². The number of alkyl halides is 1. The number of nitrogens with zero attached hydrogens (tertiary/aromatic N) is 1. The summed E-state index contributed by atoms with van der Waals surface area (Å²) in [7, 11) is 5.27. The van der Waals surface area contributed by atoms with E-state index < -0.39 is 5.38 Å². The molecular weight excluding hydrogens is 366 g/mol. The van der Waals surface area contributed by atoms with Crippen molar-refractivity contribution in [2.75, 3.05) is 44.6 Å². The quantitative estimate of drug-likeness (QED) is 0.537. The third-order valence-corrected chi connectivity index (χ3v) is 4.35. The van der Waals surface area contributed by atoms with E-state index in [2.05, 4.69) is 10.6 Å². The molecule has 7 heteroatoms. The Labute approximate surface area is 164 Å². The number of carbonyl (C=O) groups is 2. The van der Waals surface area contributed by atoms with E-state index in [1.807, 2.05) is 37.2 Å². The number of carbonyl (C=O) groups excluding carboxylic acids is 2. The lowest BCUT2D eigenvalue weighted by Crippen LogP contribution is -2.29. The molecule has 2 aromatic carbocycles. The van der Waals surface area contributed by atoms with Crippen molar-refractivity contribution < 1.29 is 14.3 Å². The predicted molar refractivity (Wildman–Crippen MR) is 109 cm³/mol. The summed E-state index contributed by atoms with van der Waals surface area (Å²) in [4.78, 5) is 26.8. The molecule has 0 aromatic heterocycles. The smallest absolute Gasteiger partial charge is 0.253 e. The van der Waals surface area contributed by atoms with Crippen LogP contribution in [0.25, 0.3) is 0 Å². The highest BCUT2D eigenvalue weighted by Gasteiger charge is 2.19. The maximum atomic E-state index is 12.5. The standard InChI is InChI=1S/C20H24ClN3O3/c1-24(2)17-10-9-15(13-16(17)19(25)22-11-12-27-3)23-20(26)18(21)14-7-5-4-6-8-14/h4-10,13,18H,11-12H2,1-3H3,(H,22,25)(H,23,26)/t18-/m0/s1. The number of benzene rings is 2. The molecule has 0 bridgehead atoms. The molecule has 0 aliphatic heterocycles. The molecule has 0 saturated carbocycles. The molecule has 1 atom stereocenters. The monoisotopic (exact) mass is 389 g/mol. The number of nitrogens with one attached hydrogen (secondary N) is 2. The fourth-order valence-electron chi connectivity index (χ4n) is 2.53. The number of hydrogen-bond donors (Lipinski definition) is 2. The summed E-state index contributed by atoms with van der Waals surface area (Å²) < 4.78 is 4.95. The number of hydrogen-bond acceptors (Lipinski definition) is 4. The van der Waals surface area contributed by atoms with E-state index >= 15 is 0 Å². The molecule has 0 aliphatic carbocycles. The van der Waals surface area contributed by atoms with Gasteiger partial charge < -0.3 is 20.3 Å². The van der Waals surface area contributed by atoms with Crippen molar-refractivity contribution in [3.63, 3.8) is 0 Å². The molecule has 0 aliphatic rings. The summed E-state index contributed by atoms with van der Waals surface area (Å²) in [6, 6.07) is 14.3. The predicted octanol–water partition coefficient (Wildman–Crippen LogP) is 3.05. The number of rotatable bonds is 8. The zero-order valence-corrected chi connectivity index (χ0v) is 16.4. The molecule has 27 heavy (non-hydrogen) atoms. The Morgan fingerprint density at radius 1 is 1.15 bits per heavy atom. The van der Waals surface area contributed by atoms with Gasteiger partial charge in [0.2, 0.25) is 5.91 Å². The second-order valence-corrected chi connectivity index (χ2v) is 6.57. The van der Waals surface area contributed by atoms with Crippen molar-refractivity contribution in [3.05, 3.63) is 59.7 Å². The summed E-state index contributed by atoms with van der Waals surface area (Å²) in [6.07, 6.45) is 0. The molecule has 144 valence electrons. The minimum atomic E-state index is -0.821. The highest BCUT2D eigenvalue weighted by Crippen LogP contribution is 2.26. The lowest BCUT2D eigenvalue weighted by Gasteiger charge is -2.19. The minimum absolute atomic E-state index is 0.239. The topological polar surface area (TPSA) is 70.7 Å². The Morgan fingerprint density at radius 2 is 1.85 bits per heavy atom. The number of anilines is 2. The third-order valence-electron chi connectivity index (χ3n) is 3.90. The first kappa shape index (κ1) is 20.7. The lowest BCUT2D eigenvalue weighted by atomic mass is 10.1. The molecule has 0 radical (unpaired) electrons. The van der Waals surface area contributed by atoms with Gasteiger partial charge in [-0.2, -0.15) is 0 Å². The van der Waals surface area contributed by atoms with E-state index in [1.165, 1.54) is 0 Å². The van der Waals surface area contributed by atoms with Gasteiger partial charge >= 0.3 is 0 Å². The van der Waals surface area contributed by atoms with Crippen LogP contribution < -0.4 is 15.5 Å². The maximum Gasteiger partial charge on any atom is 0.253 e. The molecule has 0 spiro atoms. The van der Waals surface area contributed by atoms with Gasteiger partial charge in [-0.3, -0.25) is 9.59 Å². The van der Waals surface area contributed by atoms with E-state index in [0.717, 1.165) is 5.69 Å². The van der Waals surface area contributed by atoms with Crippen LogP contribution in [0.3, 0.4) is 0 Å². The highest BCUT2D eigenvalue weighted by atomic mass is 35.5. The van der Waals surface area contributed by atoms with Crippen molar-refractivity contribution in [1.82, 2.24) is 5.32 Å². The first-order chi connectivity index (χ1) is 12.9. The van der Waals surface area contributed by atoms with Crippen LogP contribution in [0.15, 0.2) is 48.5 Å². The van der Waals surface area contributed by atoms with Crippen LogP contribution in [0.1, 0.15) is 21.3 Å². The fourth-order valence-corrected chi connectivity index (χ4v) is 2.73. The van der Waals surface area contributed by atoms with Crippen LogP contribution in [-0.2, 0) is 9.53 Å². The SMILES string of the molecule is COCCNC(=O)c1cc(NC(=O)[C@@H](Cl)c2ccccc2)ccc1N(C)C. The van der Waals surface area contributed by atoms with Gasteiger partial charge in [0.1, 0.15) is 5.38 Å². The van der Waals surface area contributed by atoms with Gasteiger partial charge in [-0.25, -0.2) is 0 Å². The van der Waals surface area contributed by atoms with Gasteiger partial charge in [0.05, 0.1) is 12.2 Å². The first-order valence-corrected chi connectivity index (χ1v) is 8.96. The molecule has 2 rings (SSSR count). The minimum Gasteiger partial charge on any atom is -0.383 e. The molecule has 0 heterocycles. The fraction of sp³-hybridized carbons (Fsp3) is 0.300. The van der Waals surface area contributed by atoms with Crippen LogP contribution in [0.4, 0.5) is 11.4 Å². The number of ether oxygens (including phenoxy) is 1. The molecular formula is C20H24ClN3O3. The van der Waals surface area contributed by atoms with E-state index in [1.54, 1.807) is 37.4 Å². The van der Waals surface area contributed by atoms with Crippen LogP contribution in [0.5, 0.6) is 0 Å². The summed E-state index contributed by atoms with van der Waals surface area (Å²) >= 11 is 6.26. The van der Waals surface area contributed by atoms with Crippen molar-refractivity contribution in [2.24, 2.45) is 0 Å². The van der Waals surface area contributed by atoms with E-state index in [-0.39, 0.29) is 11.8 Å². The molecule has 0 unspecified atom stereocenters. The van der Waals surface area contributed by atoms with Crippen LogP contribution in [0.2, 0.25) is 0 Å². The van der Waals surface area contributed by atoms with Crippen molar-refractivity contribution in [1.29, 1.82) is 0 Å². The van der Waals surface area contributed by atoms with Crippen molar-refractivity contribution in [2.45, 2.75) is 5.38 Å². The van der Waals surface area contributed by atoms with Crippen molar-refractivity contribution >= 4 is 34.8 Å². The molecule has 2 aromatic rings. The molecule has 2 N–H and O–H groups in total. The molecule has 0 saturated heterocycles. The lowest BCUT2D eigenvalue weighted by molar-refractivity contribution is -0.116. The third kappa shape index (κ3) is 5.70. The average molecular weight is 390 g/mol. The Hall–Kier alpha value is -2.57. The molecule has 2 amide bonds. The number of amides is 2. The highest BCUT2D eigenvalue weighted by molar-refractivity contribution is 6.32. The summed E-state index contributed by atoms with van der Waals surface area (Å²) in [5.74, 6) is -0.594. The van der Waals surface area contributed by atoms with Gasteiger partial charge in [-0.05, 0) is 23.8 Å². The van der Waals surface area contributed by atoms with Gasteiger partial charge in [-0.15, -0.1) is 11.6 Å². The average Bonchev–Trinajstić information content (AvgIpc) is 2.67. The van der Waals surface area contributed by atoms with Gasteiger partial charge in [0.25, 0.3) is 5.91 Å². The first-order valence-electron chi connectivity index (χ1n) is 8.52. The largest absolute Gasteiger partial charge is 0.383 e. The zero-order valence-electron chi connectivity index (χ0n) is 15.7. The number of halogens is 1. The van der Waals surface area contributed by atoms with Crippen molar-refractivity contribution in [3.8, 4) is 0 Å². The Balaban J connectivity index is 2.18. The Bertz CT molecular complexity index is 781. The van der Waals surface area contributed by atoms with Gasteiger partial charge in [0.15, 0.2) is 0 Å². The maximum absolute atomic E-state index is 12.5. The normalized spacial score (nSPS) is 11.6. The van der Waals surface area contributed by atoms with E-state index in [9.17, 15) is 9.59 Å². The zero-order chi connectivity index (χ0) is 19.8. The summed E-state index contributed by atoms with van der Waals surface area (Å²) in [5, 5.41) is 4.75. The Kier molecular flexibility index (Phi) is 7.64. The van der Waals surface area contributed by atoms with Crippen LogP contribution in [-0.4, -0.2) is 46.2 Å². The second-order valence-electron chi connectivity index (χ2n) is 6.14. The molecule has 0 fully saturated rings. The Morgan fingerprint density at radius 3 is 2.48 bits per heavy atom. The van der Waals surface area contributed by atoms with Gasteiger partial charge in [0, 0.05) is 39.1 Å². The summed E-state index contributed by atoms with van der Waals surface area (Å²) in [6.45, 7) is 0.820. The number of methoxy groups -OCH3 is 1. The van der Waals surface area contributed by atoms with E-state index in [4.69, 9.17) is 16.3 Å². The van der Waals surface area contributed by atoms with Gasteiger partial charge in [-0.1, -0.05) is 30.3 Å². The summed E-state index contributed by atoms with van der Waals surface area (Å²) in [5.41, 5.74) is 2.41. The second kappa shape index (κ2) is 9.94.